The molecule has 0 aromatic heterocycles. The minimum absolute atomic E-state index is 0.0381. The van der Waals surface area contributed by atoms with Crippen LogP contribution in [0.15, 0.2) is 35.2 Å². The molecule has 0 aliphatic heterocycles. The van der Waals surface area contributed by atoms with Crippen LogP contribution in [0.1, 0.15) is 33.6 Å². The summed E-state index contributed by atoms with van der Waals surface area (Å²) in [6, 6.07) is 7.24. The molecule has 0 heterocycles. The van der Waals surface area contributed by atoms with Crippen LogP contribution >= 0.6 is 0 Å². The summed E-state index contributed by atoms with van der Waals surface area (Å²) in [6.07, 6.45) is 1.83. The minimum atomic E-state index is -3.66. The smallest absolute Gasteiger partial charge is 0.241 e. The Balaban J connectivity index is 2.66. The number of sulfonamides is 1. The zero-order valence-corrected chi connectivity index (χ0v) is 12.9. The van der Waals surface area contributed by atoms with Gasteiger partial charge in [-0.3, -0.25) is 4.79 Å². The molecule has 1 rings (SSSR count). The fourth-order valence-electron chi connectivity index (χ4n) is 1.83. The van der Waals surface area contributed by atoms with Crippen molar-refractivity contribution in [2.75, 3.05) is 0 Å². The van der Waals surface area contributed by atoms with Crippen LogP contribution in [0.3, 0.4) is 0 Å². The molecule has 112 valence electrons. The minimum Gasteiger partial charge on any atom is -0.352 e. The number of nitrogens with one attached hydrogen (secondary N) is 2. The van der Waals surface area contributed by atoms with Crippen LogP contribution in [0.2, 0.25) is 0 Å². The number of carbonyl (C=O) groups excluding carboxylic acids is 1. The predicted octanol–water partition coefficient (Wildman–Crippen LogP) is 1.66. The van der Waals surface area contributed by atoms with Gasteiger partial charge in [0.2, 0.25) is 15.9 Å². The van der Waals surface area contributed by atoms with Crippen molar-refractivity contribution in [1.82, 2.24) is 10.0 Å². The molecule has 2 atom stereocenters. The van der Waals surface area contributed by atoms with E-state index in [1.165, 1.54) is 19.1 Å². The van der Waals surface area contributed by atoms with Gasteiger partial charge in [0.1, 0.15) is 0 Å². The lowest BCUT2D eigenvalue weighted by Crippen LogP contribution is -2.47. The molecule has 1 amide bonds. The van der Waals surface area contributed by atoms with Crippen LogP contribution < -0.4 is 10.0 Å². The van der Waals surface area contributed by atoms with Crippen LogP contribution in [0.4, 0.5) is 0 Å². The normalized spacial score (nSPS) is 14.6. The fraction of sp³-hybridized carbons (Fsp3) is 0.500. The monoisotopic (exact) mass is 298 g/mol. The molecule has 0 spiro atoms. The largest absolute Gasteiger partial charge is 0.352 e. The van der Waals surface area contributed by atoms with E-state index in [1.807, 2.05) is 13.8 Å². The van der Waals surface area contributed by atoms with Crippen molar-refractivity contribution >= 4 is 15.9 Å². The second-order valence-corrected chi connectivity index (χ2v) is 6.57. The molecular formula is C14H22N2O3S. The van der Waals surface area contributed by atoms with Crippen LogP contribution in [-0.2, 0) is 14.8 Å². The van der Waals surface area contributed by atoms with Gasteiger partial charge >= 0.3 is 0 Å². The molecule has 0 aliphatic carbocycles. The summed E-state index contributed by atoms with van der Waals surface area (Å²) >= 11 is 0. The maximum absolute atomic E-state index is 12.1. The van der Waals surface area contributed by atoms with E-state index in [1.54, 1.807) is 18.2 Å². The highest BCUT2D eigenvalue weighted by Gasteiger charge is 2.22. The van der Waals surface area contributed by atoms with Crippen molar-refractivity contribution in [3.63, 3.8) is 0 Å². The highest BCUT2D eigenvalue weighted by Crippen LogP contribution is 2.08. The summed E-state index contributed by atoms with van der Waals surface area (Å²) < 4.78 is 26.5. The zero-order chi connectivity index (χ0) is 15.2. The van der Waals surface area contributed by atoms with Crippen LogP contribution in [0.5, 0.6) is 0 Å². The van der Waals surface area contributed by atoms with Crippen LogP contribution in [-0.4, -0.2) is 26.4 Å². The Hall–Kier alpha value is -1.40. The van der Waals surface area contributed by atoms with Crippen molar-refractivity contribution in [2.24, 2.45) is 0 Å². The second-order valence-electron chi connectivity index (χ2n) is 4.85. The summed E-state index contributed by atoms with van der Waals surface area (Å²) in [5.41, 5.74) is 0. The first-order valence-corrected chi connectivity index (χ1v) is 8.23. The maximum atomic E-state index is 12.1. The van der Waals surface area contributed by atoms with Gasteiger partial charge < -0.3 is 5.32 Å². The van der Waals surface area contributed by atoms with E-state index < -0.39 is 16.1 Å². The third-order valence-corrected chi connectivity index (χ3v) is 4.45. The molecule has 0 saturated carbocycles. The van der Waals surface area contributed by atoms with E-state index in [0.717, 1.165) is 12.8 Å². The van der Waals surface area contributed by atoms with Crippen molar-refractivity contribution in [3.05, 3.63) is 30.3 Å². The van der Waals surface area contributed by atoms with Gasteiger partial charge in [-0.05, 0) is 32.4 Å². The van der Waals surface area contributed by atoms with Crippen LogP contribution in [0, 0.1) is 0 Å². The Labute approximate surface area is 120 Å². The lowest BCUT2D eigenvalue weighted by Gasteiger charge is -2.18. The fourth-order valence-corrected chi connectivity index (χ4v) is 3.05. The van der Waals surface area contributed by atoms with Gasteiger partial charge in [-0.25, -0.2) is 8.42 Å². The van der Waals surface area contributed by atoms with Gasteiger partial charge in [-0.2, -0.15) is 4.72 Å². The van der Waals surface area contributed by atoms with Crippen molar-refractivity contribution in [2.45, 2.75) is 50.6 Å². The highest BCUT2D eigenvalue weighted by molar-refractivity contribution is 7.89. The molecule has 0 radical (unpaired) electrons. The molecule has 1 aromatic carbocycles. The Morgan fingerprint density at radius 1 is 1.20 bits per heavy atom. The molecule has 0 saturated heterocycles. The zero-order valence-electron chi connectivity index (χ0n) is 12.1. The number of carbonyl (C=O) groups is 1. The lowest BCUT2D eigenvalue weighted by atomic mass is 10.2. The number of hydrogen-bond acceptors (Lipinski definition) is 3. The molecule has 0 aliphatic rings. The standard InChI is InChI=1S/C14H22N2O3S/c1-4-8-11(2)15-14(17)12(3)16-20(18,19)13-9-6-5-7-10-13/h5-7,9-12,16H,4,8H2,1-3H3,(H,15,17). The molecule has 5 nitrogen and oxygen atoms in total. The summed E-state index contributed by atoms with van der Waals surface area (Å²) in [4.78, 5) is 12.1. The van der Waals surface area contributed by atoms with Gasteiger partial charge in [0, 0.05) is 6.04 Å². The van der Waals surface area contributed by atoms with Crippen molar-refractivity contribution < 1.29 is 13.2 Å². The molecule has 2 N–H and O–H groups in total. The topological polar surface area (TPSA) is 75.3 Å². The SMILES string of the molecule is CCCC(C)NC(=O)C(C)NS(=O)(=O)c1ccccc1. The van der Waals surface area contributed by atoms with E-state index in [-0.39, 0.29) is 16.8 Å². The molecule has 6 heteroatoms. The summed E-state index contributed by atoms with van der Waals surface area (Å²) in [6.45, 7) is 5.47. The van der Waals surface area contributed by atoms with Crippen molar-refractivity contribution in [3.8, 4) is 0 Å². The number of amides is 1. The molecular weight excluding hydrogens is 276 g/mol. The number of hydrogen-bond donors (Lipinski definition) is 2. The third-order valence-electron chi connectivity index (χ3n) is 2.89. The van der Waals surface area contributed by atoms with Gasteiger partial charge in [-0.1, -0.05) is 31.5 Å². The van der Waals surface area contributed by atoms with Gasteiger partial charge in [0.25, 0.3) is 0 Å². The molecule has 1 aromatic rings. The summed E-state index contributed by atoms with van der Waals surface area (Å²) in [5, 5.41) is 2.79. The highest BCUT2D eigenvalue weighted by atomic mass is 32.2. The van der Waals surface area contributed by atoms with E-state index in [2.05, 4.69) is 10.0 Å². The van der Waals surface area contributed by atoms with E-state index in [9.17, 15) is 13.2 Å². The predicted molar refractivity (Wildman–Crippen MR) is 78.7 cm³/mol. The number of benzene rings is 1. The first-order valence-electron chi connectivity index (χ1n) is 6.74. The van der Waals surface area contributed by atoms with Gasteiger partial charge in [0.15, 0.2) is 0 Å². The Morgan fingerprint density at radius 3 is 2.35 bits per heavy atom. The average Bonchev–Trinajstić information content (AvgIpc) is 2.39. The maximum Gasteiger partial charge on any atom is 0.241 e. The summed E-state index contributed by atoms with van der Waals surface area (Å²) in [7, 11) is -3.66. The Kier molecular flexibility index (Phi) is 6.16. The van der Waals surface area contributed by atoms with Crippen molar-refractivity contribution in [1.29, 1.82) is 0 Å². The molecule has 2 unspecified atom stereocenters. The Bertz CT molecular complexity index is 529. The second kappa shape index (κ2) is 7.40. The first kappa shape index (κ1) is 16.7. The van der Waals surface area contributed by atoms with Gasteiger partial charge in [0.05, 0.1) is 10.9 Å². The van der Waals surface area contributed by atoms with E-state index >= 15 is 0 Å². The van der Waals surface area contributed by atoms with E-state index in [4.69, 9.17) is 0 Å². The molecule has 0 bridgehead atoms. The average molecular weight is 298 g/mol. The lowest BCUT2D eigenvalue weighted by molar-refractivity contribution is -0.123. The van der Waals surface area contributed by atoms with E-state index in [0.29, 0.717) is 0 Å². The molecule has 0 fully saturated rings. The van der Waals surface area contributed by atoms with Gasteiger partial charge in [-0.15, -0.1) is 0 Å². The summed E-state index contributed by atoms with van der Waals surface area (Å²) in [5.74, 6) is -0.314. The molecule has 20 heavy (non-hydrogen) atoms. The van der Waals surface area contributed by atoms with Crippen LogP contribution in [0.25, 0.3) is 0 Å². The quantitative estimate of drug-likeness (QED) is 0.804. The number of rotatable bonds is 7. The first-order chi connectivity index (χ1) is 9.36. The third kappa shape index (κ3) is 4.94. The Morgan fingerprint density at radius 2 is 1.80 bits per heavy atom.